The zero-order valence-corrected chi connectivity index (χ0v) is 19.3. The van der Waals surface area contributed by atoms with E-state index in [1.165, 1.54) is 15.9 Å². The predicted molar refractivity (Wildman–Crippen MR) is 126 cm³/mol. The Kier molecular flexibility index (Phi) is 7.09. The first kappa shape index (κ1) is 22.6. The molecule has 3 aromatic carbocycles. The summed E-state index contributed by atoms with van der Waals surface area (Å²) >= 11 is 0. The van der Waals surface area contributed by atoms with Crippen LogP contribution < -0.4 is 15.9 Å². The predicted octanol–water partition coefficient (Wildman–Crippen LogP) is 2.41. The zero-order valence-electron chi connectivity index (χ0n) is 16.6. The average Bonchev–Trinajstić information content (AvgIpc) is 2.71. The average molecular weight is 465 g/mol. The van der Waals surface area contributed by atoms with E-state index in [4.69, 9.17) is 0 Å². The van der Waals surface area contributed by atoms with Gasteiger partial charge in [0.2, 0.25) is 0 Å². The zero-order chi connectivity index (χ0) is 21.7. The van der Waals surface area contributed by atoms with E-state index in [0.29, 0.717) is 6.16 Å². The molecular formula is C22H25O5PS2. The van der Waals surface area contributed by atoms with Crippen LogP contribution >= 0.6 is 7.26 Å². The summed E-state index contributed by atoms with van der Waals surface area (Å²) in [6.07, 6.45) is 1.61. The third-order valence-corrected chi connectivity index (χ3v) is 12.6. The van der Waals surface area contributed by atoms with Crippen LogP contribution in [-0.4, -0.2) is 35.0 Å². The Balaban J connectivity index is 2.06. The second-order valence-electron chi connectivity index (χ2n) is 7.14. The van der Waals surface area contributed by atoms with Crippen molar-refractivity contribution in [3.8, 4) is 0 Å². The van der Waals surface area contributed by atoms with Crippen molar-refractivity contribution < 1.29 is 20.5 Å². The molecule has 30 heavy (non-hydrogen) atoms. The van der Waals surface area contributed by atoms with Crippen LogP contribution in [0.15, 0.2) is 91.0 Å². The van der Waals surface area contributed by atoms with Crippen LogP contribution in [0.4, 0.5) is 0 Å². The minimum absolute atomic E-state index is 0.281. The molecule has 0 saturated heterocycles. The Bertz CT molecular complexity index is 1070. The van der Waals surface area contributed by atoms with Crippen LogP contribution in [0.2, 0.25) is 0 Å². The number of hydrogen-bond donors (Lipinski definition) is 0. The number of benzene rings is 3. The first-order valence-corrected chi connectivity index (χ1v) is 15.1. The van der Waals surface area contributed by atoms with Gasteiger partial charge < -0.3 is 0 Å². The molecule has 0 aliphatic heterocycles. The van der Waals surface area contributed by atoms with Gasteiger partial charge in [0.15, 0.2) is 0 Å². The van der Waals surface area contributed by atoms with Crippen LogP contribution in [0, 0.1) is 0 Å². The molecule has 8 heteroatoms. The van der Waals surface area contributed by atoms with E-state index in [9.17, 15) is 16.8 Å². The number of hydrogen-bond acceptors (Lipinski definition) is 5. The van der Waals surface area contributed by atoms with Gasteiger partial charge in [0.05, 0.1) is 0 Å². The van der Waals surface area contributed by atoms with Gasteiger partial charge in [0.25, 0.3) is 0 Å². The van der Waals surface area contributed by atoms with Crippen LogP contribution in [0.3, 0.4) is 0 Å². The van der Waals surface area contributed by atoms with Crippen LogP contribution in [0.5, 0.6) is 0 Å². The van der Waals surface area contributed by atoms with Crippen molar-refractivity contribution in [3.63, 3.8) is 0 Å². The molecule has 0 saturated carbocycles. The van der Waals surface area contributed by atoms with Gasteiger partial charge >= 0.3 is 179 Å². The Morgan fingerprint density at radius 3 is 1.37 bits per heavy atom. The maximum atomic E-state index is 12.2. The number of rotatable bonds is 9. The van der Waals surface area contributed by atoms with E-state index < -0.39 is 27.5 Å². The van der Waals surface area contributed by atoms with Gasteiger partial charge in [-0.05, 0) is 0 Å². The fourth-order valence-electron chi connectivity index (χ4n) is 3.84. The van der Waals surface area contributed by atoms with Crippen molar-refractivity contribution in [2.75, 3.05) is 18.2 Å². The van der Waals surface area contributed by atoms with Crippen molar-refractivity contribution >= 4 is 43.4 Å². The minimum atomic E-state index is -4.17. The molecule has 3 rings (SSSR count). The fraction of sp³-hybridized carbons (Fsp3) is 0.182. The van der Waals surface area contributed by atoms with Crippen molar-refractivity contribution in [1.29, 1.82) is 0 Å². The summed E-state index contributed by atoms with van der Waals surface area (Å²) in [7, 11) is -10.8. The molecule has 5 nitrogen and oxygen atoms in total. The second-order valence-corrected chi connectivity index (χ2v) is 14.7. The summed E-state index contributed by atoms with van der Waals surface area (Å²) < 4.78 is 51.2. The molecule has 3 aromatic rings. The normalized spacial score (nSPS) is 13.1. The SMILES string of the molecule is CS(=O)(=O)OS(=O)(=O)CCC[PH](c1ccccc1)(c1ccccc1)c1ccccc1. The molecule has 0 aliphatic rings. The third-order valence-electron chi connectivity index (χ3n) is 4.97. The Morgan fingerprint density at radius 2 is 1.03 bits per heavy atom. The molecule has 0 N–H and O–H groups in total. The van der Waals surface area contributed by atoms with E-state index in [1.54, 1.807) is 0 Å². The van der Waals surface area contributed by atoms with Crippen LogP contribution in [0.1, 0.15) is 6.42 Å². The van der Waals surface area contributed by atoms with E-state index in [1.807, 2.05) is 54.6 Å². The summed E-state index contributed by atoms with van der Waals surface area (Å²) in [6.45, 7) is 0. The molecule has 0 amide bonds. The Hall–Kier alpha value is -2.05. The Morgan fingerprint density at radius 1 is 0.667 bits per heavy atom. The summed E-state index contributed by atoms with van der Waals surface area (Å²) in [5.41, 5.74) is 0. The molecule has 0 bridgehead atoms. The van der Waals surface area contributed by atoms with Gasteiger partial charge in [-0.25, -0.2) is 0 Å². The first-order chi connectivity index (χ1) is 14.2. The molecule has 160 valence electrons. The summed E-state index contributed by atoms with van der Waals surface area (Å²) in [5, 5.41) is 3.51. The van der Waals surface area contributed by atoms with Crippen LogP contribution in [0.25, 0.3) is 0 Å². The van der Waals surface area contributed by atoms with E-state index >= 15 is 0 Å². The van der Waals surface area contributed by atoms with E-state index in [0.717, 1.165) is 6.26 Å². The van der Waals surface area contributed by atoms with Crippen molar-refractivity contribution in [2.45, 2.75) is 6.42 Å². The molecule has 0 fully saturated rings. The maximum absolute atomic E-state index is 12.2. The third kappa shape index (κ3) is 5.55. The molecule has 0 aliphatic carbocycles. The van der Waals surface area contributed by atoms with E-state index in [2.05, 4.69) is 40.0 Å². The summed E-state index contributed by atoms with van der Waals surface area (Å²) in [4.78, 5) is 0. The monoisotopic (exact) mass is 464 g/mol. The van der Waals surface area contributed by atoms with Gasteiger partial charge in [0, 0.05) is 0 Å². The van der Waals surface area contributed by atoms with Gasteiger partial charge in [-0.1, -0.05) is 0 Å². The molecule has 0 unspecified atom stereocenters. The Labute approximate surface area is 179 Å². The molecule has 0 aromatic heterocycles. The first-order valence-electron chi connectivity index (χ1n) is 9.53. The molecule has 0 heterocycles. The molecular weight excluding hydrogens is 439 g/mol. The fourth-order valence-corrected chi connectivity index (χ4v) is 11.2. The van der Waals surface area contributed by atoms with Crippen molar-refractivity contribution in [1.82, 2.24) is 0 Å². The summed E-state index contributed by atoms with van der Waals surface area (Å²) in [6, 6.07) is 30.4. The van der Waals surface area contributed by atoms with Gasteiger partial charge in [-0.2, -0.15) is 0 Å². The molecule has 0 radical (unpaired) electrons. The van der Waals surface area contributed by atoms with Crippen molar-refractivity contribution in [3.05, 3.63) is 91.0 Å². The summed E-state index contributed by atoms with van der Waals surface area (Å²) in [5.74, 6) is -0.360. The van der Waals surface area contributed by atoms with Gasteiger partial charge in [-0.3, -0.25) is 0 Å². The van der Waals surface area contributed by atoms with Crippen molar-refractivity contribution in [2.24, 2.45) is 0 Å². The second kappa shape index (κ2) is 9.40. The molecule has 0 spiro atoms. The standard InChI is InChI=1S/C22H25O5PS2/c1-29(23,24)27-30(25,26)19-11-18-28(20-12-5-2-6-13-20,21-14-7-3-8-15-21)22-16-9-4-10-17-22/h2-10,12-17,28H,11,18-19H2,1H3. The van der Waals surface area contributed by atoms with E-state index in [-0.39, 0.29) is 12.2 Å². The topological polar surface area (TPSA) is 77.5 Å². The molecule has 0 atom stereocenters. The van der Waals surface area contributed by atoms with Gasteiger partial charge in [0.1, 0.15) is 0 Å². The van der Waals surface area contributed by atoms with Gasteiger partial charge in [-0.15, -0.1) is 0 Å². The van der Waals surface area contributed by atoms with Crippen LogP contribution in [-0.2, 0) is 23.9 Å². The quantitative estimate of drug-likeness (QED) is 0.455.